The standard InChI is InChI=1S/C64H42N2O/c1-2-15-47-42-48(29-28-43(47)14-1)44-30-36-49(37-31-44)65(50-38-32-45(33-39-50)52-16-3-4-18-54(52)58-22-13-23-59-57-21-8-12-27-63(57)67-64(58)59)51-40-34-46(35-41-51)53-17-5-9-24-60(53)66-61-25-10-6-19-55(61)56-20-7-11-26-62(56)66/h1-42H. The zero-order valence-corrected chi connectivity index (χ0v) is 36.6. The molecule has 0 aliphatic heterocycles. The van der Waals surface area contributed by atoms with E-state index in [0.29, 0.717) is 0 Å². The molecule has 0 radical (unpaired) electrons. The second-order valence-corrected chi connectivity index (χ2v) is 17.3. The van der Waals surface area contributed by atoms with Crippen molar-refractivity contribution in [3.8, 4) is 50.2 Å². The van der Waals surface area contributed by atoms with Crippen molar-refractivity contribution in [2.45, 2.75) is 0 Å². The van der Waals surface area contributed by atoms with E-state index >= 15 is 0 Å². The lowest BCUT2D eigenvalue weighted by Gasteiger charge is -2.26. The van der Waals surface area contributed by atoms with E-state index in [4.69, 9.17) is 4.42 Å². The molecular weight excluding hydrogens is 813 g/mol. The van der Waals surface area contributed by atoms with Gasteiger partial charge in [-0.05, 0) is 111 Å². The minimum Gasteiger partial charge on any atom is -0.455 e. The van der Waals surface area contributed by atoms with Gasteiger partial charge in [-0.15, -0.1) is 0 Å². The molecule has 11 aromatic carbocycles. The first-order valence-electron chi connectivity index (χ1n) is 22.9. The lowest BCUT2D eigenvalue weighted by atomic mass is 9.93. The zero-order valence-electron chi connectivity index (χ0n) is 36.6. The molecule has 0 unspecified atom stereocenters. The number of nitrogens with zero attached hydrogens (tertiary/aromatic N) is 2. The molecule has 2 aromatic heterocycles. The van der Waals surface area contributed by atoms with Crippen LogP contribution in [0.2, 0.25) is 0 Å². The van der Waals surface area contributed by atoms with Gasteiger partial charge in [-0.1, -0.05) is 188 Å². The first-order chi connectivity index (χ1) is 33.2. The van der Waals surface area contributed by atoms with Crippen LogP contribution >= 0.6 is 0 Å². The molecule has 3 nitrogen and oxygen atoms in total. The average Bonchev–Trinajstić information content (AvgIpc) is 3.95. The van der Waals surface area contributed by atoms with Gasteiger partial charge in [-0.3, -0.25) is 0 Å². The van der Waals surface area contributed by atoms with Gasteiger partial charge in [0.05, 0.1) is 16.7 Å². The van der Waals surface area contributed by atoms with Crippen LogP contribution in [0.3, 0.4) is 0 Å². The van der Waals surface area contributed by atoms with Gasteiger partial charge in [0.15, 0.2) is 0 Å². The van der Waals surface area contributed by atoms with Gasteiger partial charge < -0.3 is 13.9 Å². The highest BCUT2D eigenvalue weighted by atomic mass is 16.3. The van der Waals surface area contributed by atoms with Crippen molar-refractivity contribution in [3.05, 3.63) is 255 Å². The molecule has 0 N–H and O–H groups in total. The van der Waals surface area contributed by atoms with Gasteiger partial charge in [0, 0.05) is 49.7 Å². The molecule has 2 heterocycles. The molecular formula is C64H42N2O. The molecule has 67 heavy (non-hydrogen) atoms. The van der Waals surface area contributed by atoms with Crippen LogP contribution in [0.15, 0.2) is 259 Å². The largest absolute Gasteiger partial charge is 0.455 e. The van der Waals surface area contributed by atoms with E-state index in [0.717, 1.165) is 72.5 Å². The van der Waals surface area contributed by atoms with Crippen LogP contribution in [0.5, 0.6) is 0 Å². The van der Waals surface area contributed by atoms with Crippen molar-refractivity contribution in [3.63, 3.8) is 0 Å². The third kappa shape index (κ3) is 6.59. The highest BCUT2D eigenvalue weighted by Crippen LogP contribution is 2.43. The summed E-state index contributed by atoms with van der Waals surface area (Å²) < 4.78 is 8.93. The number of furan rings is 1. The van der Waals surface area contributed by atoms with Crippen LogP contribution in [0, 0.1) is 0 Å². The van der Waals surface area contributed by atoms with Crippen molar-refractivity contribution in [1.82, 2.24) is 4.57 Å². The van der Waals surface area contributed by atoms with E-state index in [2.05, 4.69) is 252 Å². The smallest absolute Gasteiger partial charge is 0.143 e. The van der Waals surface area contributed by atoms with Gasteiger partial charge >= 0.3 is 0 Å². The van der Waals surface area contributed by atoms with E-state index in [1.54, 1.807) is 0 Å². The summed E-state index contributed by atoms with van der Waals surface area (Å²) in [5.41, 5.74) is 17.8. The summed E-state index contributed by atoms with van der Waals surface area (Å²) in [6, 6.07) is 91.8. The zero-order chi connectivity index (χ0) is 44.3. The number of rotatable bonds is 8. The Balaban J connectivity index is 0.902. The maximum absolute atomic E-state index is 6.52. The minimum atomic E-state index is 0.901. The maximum atomic E-state index is 6.52. The van der Waals surface area contributed by atoms with Crippen molar-refractivity contribution < 1.29 is 4.42 Å². The Morgan fingerprint density at radius 2 is 0.776 bits per heavy atom. The van der Waals surface area contributed by atoms with Crippen molar-refractivity contribution >= 4 is 71.6 Å². The predicted octanol–water partition coefficient (Wildman–Crippen LogP) is 18.0. The topological polar surface area (TPSA) is 21.3 Å². The van der Waals surface area contributed by atoms with E-state index in [1.165, 1.54) is 49.3 Å². The number of hydrogen-bond acceptors (Lipinski definition) is 2. The molecule has 0 bridgehead atoms. The third-order valence-corrected chi connectivity index (χ3v) is 13.4. The molecule has 0 aliphatic carbocycles. The second kappa shape index (κ2) is 16.0. The summed E-state index contributed by atoms with van der Waals surface area (Å²) in [7, 11) is 0. The SMILES string of the molecule is c1ccc(-c2cccc3c2oc2ccccc23)c(-c2ccc(N(c3ccc(-c4ccc5ccccc5c4)cc3)c3ccc(-c4ccccc4-n4c5ccccc5c5ccccc54)cc3)cc2)c1. The minimum absolute atomic E-state index is 0.901. The normalized spacial score (nSPS) is 11.6. The molecule has 13 rings (SSSR count). The Morgan fingerprint density at radius 3 is 1.46 bits per heavy atom. The fourth-order valence-corrected chi connectivity index (χ4v) is 10.2. The highest BCUT2D eigenvalue weighted by Gasteiger charge is 2.19. The average molecular weight is 855 g/mol. The molecule has 0 saturated carbocycles. The lowest BCUT2D eigenvalue weighted by molar-refractivity contribution is 0.670. The van der Waals surface area contributed by atoms with Gasteiger partial charge in [0.2, 0.25) is 0 Å². The van der Waals surface area contributed by atoms with Crippen molar-refractivity contribution in [1.29, 1.82) is 0 Å². The summed E-state index contributed by atoms with van der Waals surface area (Å²) >= 11 is 0. The van der Waals surface area contributed by atoms with Crippen LogP contribution in [0.1, 0.15) is 0 Å². The molecule has 13 aromatic rings. The van der Waals surface area contributed by atoms with Gasteiger partial charge in [-0.25, -0.2) is 0 Å². The van der Waals surface area contributed by atoms with Crippen LogP contribution < -0.4 is 4.90 Å². The number of aromatic nitrogens is 1. The number of fused-ring (bicyclic) bond motifs is 7. The summed E-state index contributed by atoms with van der Waals surface area (Å²) in [6.07, 6.45) is 0. The molecule has 0 fully saturated rings. The predicted molar refractivity (Wildman–Crippen MR) is 282 cm³/mol. The van der Waals surface area contributed by atoms with Crippen LogP contribution in [0.4, 0.5) is 17.1 Å². The monoisotopic (exact) mass is 854 g/mol. The molecule has 0 aliphatic rings. The molecule has 0 atom stereocenters. The Bertz CT molecular complexity index is 3920. The maximum Gasteiger partial charge on any atom is 0.143 e. The molecule has 0 saturated heterocycles. The van der Waals surface area contributed by atoms with Gasteiger partial charge in [0.1, 0.15) is 11.2 Å². The highest BCUT2D eigenvalue weighted by molar-refractivity contribution is 6.11. The van der Waals surface area contributed by atoms with Gasteiger partial charge in [0.25, 0.3) is 0 Å². The number of para-hydroxylation sites is 5. The summed E-state index contributed by atoms with van der Waals surface area (Å²) in [6.45, 7) is 0. The number of anilines is 3. The van der Waals surface area contributed by atoms with Crippen LogP contribution in [-0.2, 0) is 0 Å². The lowest BCUT2D eigenvalue weighted by Crippen LogP contribution is -2.10. The Morgan fingerprint density at radius 1 is 0.299 bits per heavy atom. The Kier molecular flexibility index (Phi) is 9.17. The summed E-state index contributed by atoms with van der Waals surface area (Å²) in [5.74, 6) is 0. The second-order valence-electron chi connectivity index (χ2n) is 17.3. The summed E-state index contributed by atoms with van der Waals surface area (Å²) in [4.78, 5) is 2.36. The quantitative estimate of drug-likeness (QED) is 0.152. The number of benzene rings is 11. The fourth-order valence-electron chi connectivity index (χ4n) is 10.2. The molecule has 0 spiro atoms. The van der Waals surface area contributed by atoms with E-state index < -0.39 is 0 Å². The first-order valence-corrected chi connectivity index (χ1v) is 22.9. The van der Waals surface area contributed by atoms with Crippen molar-refractivity contribution in [2.75, 3.05) is 4.90 Å². The Labute approximate surface area is 388 Å². The van der Waals surface area contributed by atoms with E-state index in [-0.39, 0.29) is 0 Å². The molecule has 314 valence electrons. The first kappa shape index (κ1) is 38.5. The van der Waals surface area contributed by atoms with E-state index in [1.807, 2.05) is 12.1 Å². The molecule has 3 heteroatoms. The summed E-state index contributed by atoms with van der Waals surface area (Å²) in [5, 5.41) is 7.25. The number of hydrogen-bond donors (Lipinski definition) is 0. The fraction of sp³-hybridized carbons (Fsp3) is 0. The third-order valence-electron chi connectivity index (χ3n) is 13.4. The van der Waals surface area contributed by atoms with Crippen LogP contribution in [0.25, 0.3) is 105 Å². The Hall–Kier alpha value is -8.92. The van der Waals surface area contributed by atoms with Crippen molar-refractivity contribution in [2.24, 2.45) is 0 Å². The van der Waals surface area contributed by atoms with Gasteiger partial charge in [-0.2, -0.15) is 0 Å². The molecule has 0 amide bonds. The van der Waals surface area contributed by atoms with E-state index in [9.17, 15) is 0 Å². The van der Waals surface area contributed by atoms with Crippen LogP contribution in [-0.4, -0.2) is 4.57 Å².